The first-order chi connectivity index (χ1) is 7.88. The molecule has 3 heteroatoms. The molecule has 0 spiro atoms. The van der Waals surface area contributed by atoms with Crippen molar-refractivity contribution in [3.8, 4) is 0 Å². The zero-order valence-electron chi connectivity index (χ0n) is 10.3. The summed E-state index contributed by atoms with van der Waals surface area (Å²) in [4.78, 5) is 4.17. The smallest absolute Gasteiger partial charge is 0.0474 e. The maximum absolute atomic E-state index is 5.04. The van der Waals surface area contributed by atoms with Gasteiger partial charge in [-0.25, -0.2) is 0 Å². The van der Waals surface area contributed by atoms with Gasteiger partial charge in [-0.15, -0.1) is 0 Å². The third-order valence-corrected chi connectivity index (χ3v) is 2.58. The van der Waals surface area contributed by atoms with Crippen LogP contribution in [-0.4, -0.2) is 25.2 Å². The molecule has 0 fully saturated rings. The molecule has 0 aromatic carbocycles. The highest BCUT2D eigenvalue weighted by Crippen LogP contribution is 2.16. The van der Waals surface area contributed by atoms with Crippen LogP contribution in [0.2, 0.25) is 0 Å². The summed E-state index contributed by atoms with van der Waals surface area (Å²) in [5, 5.41) is 3.55. The van der Waals surface area contributed by atoms with Gasteiger partial charge in [-0.1, -0.05) is 19.4 Å². The number of hydrogen-bond donors (Lipinski definition) is 1. The SMILES string of the molecule is CCCC(NCCCOC)c1cccnc1. The molecule has 0 radical (unpaired) electrons. The molecule has 90 valence electrons. The van der Waals surface area contributed by atoms with Gasteiger partial charge in [0.15, 0.2) is 0 Å². The molecule has 1 heterocycles. The maximum Gasteiger partial charge on any atom is 0.0474 e. The second kappa shape index (κ2) is 8.25. The summed E-state index contributed by atoms with van der Waals surface area (Å²) < 4.78 is 5.04. The molecule has 0 aliphatic rings. The molecule has 3 nitrogen and oxygen atoms in total. The van der Waals surface area contributed by atoms with Gasteiger partial charge in [0.05, 0.1) is 0 Å². The van der Waals surface area contributed by atoms with Gasteiger partial charge in [-0.2, -0.15) is 0 Å². The summed E-state index contributed by atoms with van der Waals surface area (Å²) in [6.07, 6.45) is 7.15. The third-order valence-electron chi connectivity index (χ3n) is 2.58. The Morgan fingerprint density at radius 1 is 1.50 bits per heavy atom. The highest BCUT2D eigenvalue weighted by molar-refractivity contribution is 5.13. The minimum atomic E-state index is 0.426. The quantitative estimate of drug-likeness (QED) is 0.686. The Morgan fingerprint density at radius 3 is 3.00 bits per heavy atom. The lowest BCUT2D eigenvalue weighted by atomic mass is 10.0. The van der Waals surface area contributed by atoms with Gasteiger partial charge < -0.3 is 10.1 Å². The molecule has 1 aromatic rings. The van der Waals surface area contributed by atoms with Gasteiger partial charge in [-0.05, 0) is 31.0 Å². The molecule has 1 rings (SSSR count). The van der Waals surface area contributed by atoms with Crippen LogP contribution in [0.25, 0.3) is 0 Å². The number of aromatic nitrogens is 1. The molecule has 16 heavy (non-hydrogen) atoms. The highest BCUT2D eigenvalue weighted by atomic mass is 16.5. The van der Waals surface area contributed by atoms with Crippen molar-refractivity contribution in [2.24, 2.45) is 0 Å². The van der Waals surface area contributed by atoms with Crippen molar-refractivity contribution < 1.29 is 4.74 Å². The summed E-state index contributed by atoms with van der Waals surface area (Å²) in [7, 11) is 1.74. The molecule has 0 aliphatic carbocycles. The Labute approximate surface area is 98.2 Å². The summed E-state index contributed by atoms with van der Waals surface area (Å²) in [6.45, 7) is 4.02. The second-order valence-corrected chi connectivity index (χ2v) is 3.93. The van der Waals surface area contributed by atoms with Crippen LogP contribution in [0.3, 0.4) is 0 Å². The molecule has 0 aliphatic heterocycles. The number of ether oxygens (including phenoxy) is 1. The summed E-state index contributed by atoms with van der Waals surface area (Å²) in [5.74, 6) is 0. The molecule has 0 amide bonds. The first kappa shape index (κ1) is 13.1. The number of rotatable bonds is 8. The average Bonchev–Trinajstić information content (AvgIpc) is 2.34. The minimum absolute atomic E-state index is 0.426. The van der Waals surface area contributed by atoms with Crippen LogP contribution >= 0.6 is 0 Å². The number of nitrogens with one attached hydrogen (secondary N) is 1. The van der Waals surface area contributed by atoms with E-state index in [1.807, 2.05) is 18.5 Å². The monoisotopic (exact) mass is 222 g/mol. The summed E-state index contributed by atoms with van der Waals surface area (Å²) in [6, 6.07) is 4.56. The Balaban J connectivity index is 2.41. The van der Waals surface area contributed by atoms with Crippen LogP contribution in [0, 0.1) is 0 Å². The lowest BCUT2D eigenvalue weighted by Crippen LogP contribution is -2.23. The van der Waals surface area contributed by atoms with Crippen molar-refractivity contribution in [2.45, 2.75) is 32.2 Å². The van der Waals surface area contributed by atoms with Crippen molar-refractivity contribution >= 4 is 0 Å². The van der Waals surface area contributed by atoms with Crippen molar-refractivity contribution in [3.63, 3.8) is 0 Å². The minimum Gasteiger partial charge on any atom is -0.385 e. The topological polar surface area (TPSA) is 34.1 Å². The van der Waals surface area contributed by atoms with Gasteiger partial charge in [-0.3, -0.25) is 4.98 Å². The Hall–Kier alpha value is -0.930. The molecule has 1 atom stereocenters. The summed E-state index contributed by atoms with van der Waals surface area (Å²) in [5.41, 5.74) is 1.28. The van der Waals surface area contributed by atoms with Crippen molar-refractivity contribution in [2.75, 3.05) is 20.3 Å². The normalized spacial score (nSPS) is 12.6. The summed E-state index contributed by atoms with van der Waals surface area (Å²) >= 11 is 0. The van der Waals surface area contributed by atoms with Crippen LogP contribution < -0.4 is 5.32 Å². The van der Waals surface area contributed by atoms with Gasteiger partial charge in [0.2, 0.25) is 0 Å². The fourth-order valence-corrected chi connectivity index (χ4v) is 1.75. The third kappa shape index (κ3) is 4.73. The molecule has 1 N–H and O–H groups in total. The lowest BCUT2D eigenvalue weighted by Gasteiger charge is -2.18. The lowest BCUT2D eigenvalue weighted by molar-refractivity contribution is 0.193. The van der Waals surface area contributed by atoms with E-state index in [2.05, 4.69) is 23.3 Å². The molecule has 0 saturated heterocycles. The predicted molar refractivity (Wildman–Crippen MR) is 66.4 cm³/mol. The Morgan fingerprint density at radius 2 is 2.38 bits per heavy atom. The van der Waals surface area contributed by atoms with Gasteiger partial charge >= 0.3 is 0 Å². The van der Waals surface area contributed by atoms with Gasteiger partial charge in [0, 0.05) is 32.2 Å². The van der Waals surface area contributed by atoms with Crippen LogP contribution in [0.4, 0.5) is 0 Å². The maximum atomic E-state index is 5.04. The standard InChI is InChI=1S/C13H22N2O/c1-3-6-13(15-9-5-10-16-2)12-7-4-8-14-11-12/h4,7-8,11,13,15H,3,5-6,9-10H2,1-2H3. The zero-order chi connectivity index (χ0) is 11.6. The molecule has 0 saturated carbocycles. The van der Waals surface area contributed by atoms with E-state index in [1.54, 1.807) is 7.11 Å². The molecular formula is C13H22N2O. The largest absolute Gasteiger partial charge is 0.385 e. The second-order valence-electron chi connectivity index (χ2n) is 3.93. The molecular weight excluding hydrogens is 200 g/mol. The van der Waals surface area contributed by atoms with E-state index in [9.17, 15) is 0 Å². The first-order valence-electron chi connectivity index (χ1n) is 6.00. The molecule has 1 unspecified atom stereocenters. The number of methoxy groups -OCH3 is 1. The van der Waals surface area contributed by atoms with E-state index in [0.717, 1.165) is 26.0 Å². The fraction of sp³-hybridized carbons (Fsp3) is 0.615. The zero-order valence-corrected chi connectivity index (χ0v) is 10.3. The first-order valence-corrected chi connectivity index (χ1v) is 6.00. The molecule has 1 aromatic heterocycles. The van der Waals surface area contributed by atoms with E-state index in [1.165, 1.54) is 12.0 Å². The Bertz CT molecular complexity index is 264. The predicted octanol–water partition coefficient (Wildman–Crippen LogP) is 2.55. The van der Waals surface area contributed by atoms with Crippen LogP contribution in [-0.2, 0) is 4.74 Å². The van der Waals surface area contributed by atoms with Crippen LogP contribution in [0.15, 0.2) is 24.5 Å². The highest BCUT2D eigenvalue weighted by Gasteiger charge is 2.08. The number of hydrogen-bond acceptors (Lipinski definition) is 3. The fourth-order valence-electron chi connectivity index (χ4n) is 1.75. The number of pyridine rings is 1. The van der Waals surface area contributed by atoms with E-state index < -0.39 is 0 Å². The average molecular weight is 222 g/mol. The van der Waals surface area contributed by atoms with E-state index >= 15 is 0 Å². The van der Waals surface area contributed by atoms with Crippen LogP contribution in [0.1, 0.15) is 37.8 Å². The van der Waals surface area contributed by atoms with Crippen LogP contribution in [0.5, 0.6) is 0 Å². The van der Waals surface area contributed by atoms with Crippen molar-refractivity contribution in [1.29, 1.82) is 0 Å². The van der Waals surface area contributed by atoms with Gasteiger partial charge in [0.25, 0.3) is 0 Å². The van der Waals surface area contributed by atoms with E-state index in [0.29, 0.717) is 6.04 Å². The van der Waals surface area contributed by atoms with E-state index in [4.69, 9.17) is 4.74 Å². The van der Waals surface area contributed by atoms with Crippen molar-refractivity contribution in [1.82, 2.24) is 10.3 Å². The van der Waals surface area contributed by atoms with Crippen molar-refractivity contribution in [3.05, 3.63) is 30.1 Å². The van der Waals surface area contributed by atoms with Gasteiger partial charge in [0.1, 0.15) is 0 Å². The Kier molecular flexibility index (Phi) is 6.77. The van der Waals surface area contributed by atoms with E-state index in [-0.39, 0.29) is 0 Å². The molecule has 0 bridgehead atoms. The number of nitrogens with zero attached hydrogens (tertiary/aromatic N) is 1.